The highest BCUT2D eigenvalue weighted by molar-refractivity contribution is 6.36. The van der Waals surface area contributed by atoms with Gasteiger partial charge in [-0.1, -0.05) is 23.2 Å². The summed E-state index contributed by atoms with van der Waals surface area (Å²) in [6.07, 6.45) is 0.830. The molecule has 0 bridgehead atoms. The molecule has 1 saturated heterocycles. The van der Waals surface area contributed by atoms with Crippen LogP contribution in [0.4, 0.5) is 5.82 Å². The van der Waals surface area contributed by atoms with E-state index in [0.717, 1.165) is 6.42 Å². The molecule has 1 atom stereocenters. The lowest BCUT2D eigenvalue weighted by Crippen LogP contribution is -2.17. The summed E-state index contributed by atoms with van der Waals surface area (Å²) in [7, 11) is 0. The number of anilines is 1. The van der Waals surface area contributed by atoms with E-state index in [1.54, 1.807) is 0 Å². The van der Waals surface area contributed by atoms with Gasteiger partial charge in [0.2, 0.25) is 5.88 Å². The minimum atomic E-state index is -0.00410. The highest BCUT2D eigenvalue weighted by atomic mass is 35.5. The number of pyridine rings is 1. The normalized spacial score (nSPS) is 20.5. The standard InChI is InChI=1S/C9H10Cl2N2O2/c10-6-3-7(11)9(13-8(6)12)15-5-1-2-14-4-5/h3,5H,1-2,4H2,(H2,12,13). The second-order valence-corrected chi connectivity index (χ2v) is 4.06. The van der Waals surface area contributed by atoms with Crippen LogP contribution in [0.3, 0.4) is 0 Å². The maximum absolute atomic E-state index is 5.91. The van der Waals surface area contributed by atoms with Crippen molar-refractivity contribution in [2.24, 2.45) is 0 Å². The molecule has 0 aromatic carbocycles. The number of nitrogens with two attached hydrogens (primary N) is 1. The lowest BCUT2D eigenvalue weighted by molar-refractivity contribution is 0.138. The van der Waals surface area contributed by atoms with E-state index in [-0.39, 0.29) is 11.9 Å². The first-order chi connectivity index (χ1) is 7.16. The van der Waals surface area contributed by atoms with E-state index in [0.29, 0.717) is 29.1 Å². The largest absolute Gasteiger partial charge is 0.471 e. The molecule has 15 heavy (non-hydrogen) atoms. The Morgan fingerprint density at radius 1 is 1.47 bits per heavy atom. The van der Waals surface area contributed by atoms with Gasteiger partial charge in [-0.15, -0.1) is 0 Å². The van der Waals surface area contributed by atoms with Crippen LogP contribution >= 0.6 is 23.2 Å². The molecular weight excluding hydrogens is 239 g/mol. The van der Waals surface area contributed by atoms with Crippen molar-refractivity contribution in [2.45, 2.75) is 12.5 Å². The van der Waals surface area contributed by atoms with Gasteiger partial charge in [0, 0.05) is 6.42 Å². The van der Waals surface area contributed by atoms with Crippen molar-refractivity contribution in [1.29, 1.82) is 0 Å². The number of ether oxygens (including phenoxy) is 2. The summed E-state index contributed by atoms with van der Waals surface area (Å²) >= 11 is 11.7. The molecular formula is C9H10Cl2N2O2. The molecule has 0 spiro atoms. The second kappa shape index (κ2) is 4.43. The first-order valence-corrected chi connectivity index (χ1v) is 5.28. The van der Waals surface area contributed by atoms with Crippen LogP contribution in [0.1, 0.15) is 6.42 Å². The molecule has 4 nitrogen and oxygen atoms in total. The van der Waals surface area contributed by atoms with E-state index in [2.05, 4.69) is 4.98 Å². The van der Waals surface area contributed by atoms with Crippen LogP contribution in [-0.2, 0) is 4.74 Å². The van der Waals surface area contributed by atoms with Crippen molar-refractivity contribution < 1.29 is 9.47 Å². The third-order valence-electron chi connectivity index (χ3n) is 2.09. The first kappa shape index (κ1) is 10.8. The minimum absolute atomic E-state index is 0.00410. The minimum Gasteiger partial charge on any atom is -0.471 e. The third-order valence-corrected chi connectivity index (χ3v) is 2.66. The van der Waals surface area contributed by atoms with Crippen LogP contribution in [0.15, 0.2) is 6.07 Å². The Hall–Kier alpha value is -0.710. The van der Waals surface area contributed by atoms with E-state index >= 15 is 0 Å². The predicted octanol–water partition coefficient (Wildman–Crippen LogP) is 2.14. The zero-order chi connectivity index (χ0) is 10.8. The molecule has 2 N–H and O–H groups in total. The summed E-state index contributed by atoms with van der Waals surface area (Å²) < 4.78 is 10.7. The van der Waals surface area contributed by atoms with E-state index in [9.17, 15) is 0 Å². The number of halogens is 2. The second-order valence-electron chi connectivity index (χ2n) is 3.25. The summed E-state index contributed by atoms with van der Waals surface area (Å²) in [4.78, 5) is 3.97. The Kier molecular flexibility index (Phi) is 3.19. The van der Waals surface area contributed by atoms with Crippen LogP contribution in [-0.4, -0.2) is 24.3 Å². The third kappa shape index (κ3) is 2.45. The van der Waals surface area contributed by atoms with Crippen molar-refractivity contribution in [1.82, 2.24) is 4.98 Å². The van der Waals surface area contributed by atoms with Gasteiger partial charge in [0.15, 0.2) is 0 Å². The van der Waals surface area contributed by atoms with Gasteiger partial charge in [-0.05, 0) is 6.07 Å². The van der Waals surface area contributed by atoms with Crippen molar-refractivity contribution in [3.63, 3.8) is 0 Å². The van der Waals surface area contributed by atoms with Crippen LogP contribution in [0.2, 0.25) is 10.0 Å². The summed E-state index contributed by atoms with van der Waals surface area (Å²) in [6, 6.07) is 1.52. The number of hydrogen-bond donors (Lipinski definition) is 1. The number of aromatic nitrogens is 1. The van der Waals surface area contributed by atoms with Crippen molar-refractivity contribution in [3.05, 3.63) is 16.1 Å². The van der Waals surface area contributed by atoms with Crippen LogP contribution in [0, 0.1) is 0 Å². The molecule has 0 saturated carbocycles. The van der Waals surface area contributed by atoms with E-state index in [4.69, 9.17) is 38.4 Å². The number of nitrogen functional groups attached to an aromatic ring is 1. The maximum Gasteiger partial charge on any atom is 0.235 e. The molecule has 1 aliphatic rings. The summed E-state index contributed by atoms with van der Waals surface area (Å²) in [6.45, 7) is 1.26. The molecule has 82 valence electrons. The SMILES string of the molecule is Nc1nc(OC2CCOC2)c(Cl)cc1Cl. The number of nitrogens with zero attached hydrogens (tertiary/aromatic N) is 1. The van der Waals surface area contributed by atoms with Crippen molar-refractivity contribution >= 4 is 29.0 Å². The fourth-order valence-electron chi connectivity index (χ4n) is 1.31. The number of rotatable bonds is 2. The first-order valence-electron chi connectivity index (χ1n) is 4.52. The zero-order valence-corrected chi connectivity index (χ0v) is 9.38. The zero-order valence-electron chi connectivity index (χ0n) is 7.87. The predicted molar refractivity (Wildman–Crippen MR) is 58.5 cm³/mol. The molecule has 0 amide bonds. The Morgan fingerprint density at radius 3 is 2.93 bits per heavy atom. The molecule has 6 heteroatoms. The Labute approximate surface area is 97.3 Å². The topological polar surface area (TPSA) is 57.4 Å². The molecule has 1 fully saturated rings. The summed E-state index contributed by atoms with van der Waals surface area (Å²) in [5.41, 5.74) is 5.55. The van der Waals surface area contributed by atoms with E-state index in [1.165, 1.54) is 6.07 Å². The summed E-state index contributed by atoms with van der Waals surface area (Å²) in [5.74, 6) is 0.532. The van der Waals surface area contributed by atoms with Crippen LogP contribution in [0.25, 0.3) is 0 Å². The van der Waals surface area contributed by atoms with Gasteiger partial charge in [0.05, 0.1) is 18.2 Å². The highest BCUT2D eigenvalue weighted by Gasteiger charge is 2.19. The molecule has 1 aliphatic heterocycles. The van der Waals surface area contributed by atoms with Crippen LogP contribution in [0.5, 0.6) is 5.88 Å². The molecule has 0 radical (unpaired) electrons. The van der Waals surface area contributed by atoms with Gasteiger partial charge in [0.25, 0.3) is 0 Å². The molecule has 1 aromatic rings. The van der Waals surface area contributed by atoms with Crippen molar-refractivity contribution in [3.8, 4) is 5.88 Å². The van der Waals surface area contributed by atoms with Gasteiger partial charge in [-0.2, -0.15) is 4.98 Å². The molecule has 0 aliphatic carbocycles. The van der Waals surface area contributed by atoms with Crippen molar-refractivity contribution in [2.75, 3.05) is 18.9 Å². The van der Waals surface area contributed by atoms with E-state index < -0.39 is 0 Å². The van der Waals surface area contributed by atoms with Gasteiger partial charge in [-0.3, -0.25) is 0 Å². The fourth-order valence-corrected chi connectivity index (χ4v) is 1.71. The Morgan fingerprint density at radius 2 is 2.27 bits per heavy atom. The highest BCUT2D eigenvalue weighted by Crippen LogP contribution is 2.30. The van der Waals surface area contributed by atoms with Crippen LogP contribution < -0.4 is 10.5 Å². The van der Waals surface area contributed by atoms with Gasteiger partial charge in [-0.25, -0.2) is 0 Å². The fraction of sp³-hybridized carbons (Fsp3) is 0.444. The van der Waals surface area contributed by atoms with Gasteiger partial charge in [0.1, 0.15) is 16.9 Å². The quantitative estimate of drug-likeness (QED) is 0.872. The monoisotopic (exact) mass is 248 g/mol. The number of hydrogen-bond acceptors (Lipinski definition) is 4. The van der Waals surface area contributed by atoms with Gasteiger partial charge >= 0.3 is 0 Å². The molecule has 2 heterocycles. The maximum atomic E-state index is 5.91. The van der Waals surface area contributed by atoms with Gasteiger partial charge < -0.3 is 15.2 Å². The lowest BCUT2D eigenvalue weighted by atomic mass is 10.3. The lowest BCUT2D eigenvalue weighted by Gasteiger charge is -2.12. The Bertz CT molecular complexity index is 367. The molecule has 1 aromatic heterocycles. The smallest absolute Gasteiger partial charge is 0.235 e. The average molecular weight is 249 g/mol. The average Bonchev–Trinajstić information content (AvgIpc) is 2.67. The Balaban J connectivity index is 2.16. The molecule has 2 rings (SSSR count). The van der Waals surface area contributed by atoms with E-state index in [1.807, 2.05) is 0 Å². The molecule has 1 unspecified atom stereocenters. The summed E-state index contributed by atoms with van der Waals surface area (Å²) in [5, 5.41) is 0.691.